The first-order valence-electron chi connectivity index (χ1n) is 11.3. The number of fused-ring (bicyclic) bond motifs is 1. The summed E-state index contributed by atoms with van der Waals surface area (Å²) < 4.78 is 14.6. The van der Waals surface area contributed by atoms with E-state index in [0.717, 1.165) is 11.1 Å². The lowest BCUT2D eigenvalue weighted by Gasteiger charge is -2.19. The lowest BCUT2D eigenvalue weighted by atomic mass is 10.0. The molecule has 9 nitrogen and oxygen atoms in total. The highest BCUT2D eigenvalue weighted by atomic mass is 35.5. The van der Waals surface area contributed by atoms with Gasteiger partial charge in [0.15, 0.2) is 5.69 Å². The normalized spacial score (nSPS) is 15.3. The van der Waals surface area contributed by atoms with Crippen LogP contribution in [0.15, 0.2) is 58.1 Å². The first-order chi connectivity index (χ1) is 16.7. The minimum Gasteiger partial charge on any atom is -1.00 e. The van der Waals surface area contributed by atoms with Crippen molar-refractivity contribution in [3.8, 4) is 5.75 Å². The molecule has 2 aromatic heterocycles. The molecule has 0 bridgehead atoms. The molecule has 11 heteroatoms. The number of aromatic amines is 1. The zero-order valence-corrected chi connectivity index (χ0v) is 20.9. The number of nitrogens with one attached hydrogen (secondary N) is 1. The fraction of sp³-hybridized carbons (Fsp3) is 0.280. The lowest BCUT2D eigenvalue weighted by molar-refractivity contribution is -0.353. The summed E-state index contributed by atoms with van der Waals surface area (Å²) in [6.45, 7) is 1.04. The number of aliphatic imine (C=N–C) groups is 1. The SMILES string of the molecule is CN1CCN(c2cc(N(C)C)cn3c(=O)c(O)c(C4=NC=C(Cc5ccc(F)cc5)C4)[nH+]c23)C1=O.[Cl-]. The van der Waals surface area contributed by atoms with Crippen molar-refractivity contribution in [1.29, 1.82) is 0 Å². The highest BCUT2D eigenvalue weighted by molar-refractivity contribution is 6.03. The van der Waals surface area contributed by atoms with E-state index >= 15 is 0 Å². The number of halogens is 2. The van der Waals surface area contributed by atoms with E-state index in [-0.39, 0.29) is 29.9 Å². The molecule has 4 heterocycles. The zero-order chi connectivity index (χ0) is 24.9. The van der Waals surface area contributed by atoms with E-state index < -0.39 is 11.3 Å². The summed E-state index contributed by atoms with van der Waals surface area (Å²) in [5.74, 6) is -0.734. The maximum atomic E-state index is 13.3. The Morgan fingerprint density at radius 1 is 1.17 bits per heavy atom. The van der Waals surface area contributed by atoms with Crippen molar-refractivity contribution in [3.63, 3.8) is 0 Å². The van der Waals surface area contributed by atoms with Crippen molar-refractivity contribution >= 4 is 28.8 Å². The molecule has 3 aromatic rings. The van der Waals surface area contributed by atoms with E-state index in [1.54, 1.807) is 41.4 Å². The van der Waals surface area contributed by atoms with Gasteiger partial charge in [0, 0.05) is 46.9 Å². The first-order valence-corrected chi connectivity index (χ1v) is 11.3. The summed E-state index contributed by atoms with van der Waals surface area (Å²) in [7, 11) is 5.41. The summed E-state index contributed by atoms with van der Waals surface area (Å²) in [4.78, 5) is 38.7. The summed E-state index contributed by atoms with van der Waals surface area (Å²) in [5.41, 5.74) is 3.70. The fourth-order valence-corrected chi connectivity index (χ4v) is 4.38. The van der Waals surface area contributed by atoms with Crippen LogP contribution in [0.2, 0.25) is 0 Å². The van der Waals surface area contributed by atoms with Crippen LogP contribution in [-0.4, -0.2) is 60.4 Å². The first kappa shape index (κ1) is 25.2. The number of H-pyrrole nitrogens is 1. The predicted molar refractivity (Wildman–Crippen MR) is 131 cm³/mol. The highest BCUT2D eigenvalue weighted by Gasteiger charge is 2.33. The molecule has 0 radical (unpaired) electrons. The second-order valence-corrected chi connectivity index (χ2v) is 9.05. The number of allylic oxidation sites excluding steroid dienone is 1. The van der Waals surface area contributed by atoms with Crippen LogP contribution in [-0.2, 0) is 6.42 Å². The number of benzene rings is 1. The van der Waals surface area contributed by atoms with Crippen molar-refractivity contribution < 1.29 is 31.7 Å². The van der Waals surface area contributed by atoms with Crippen molar-refractivity contribution in [2.24, 2.45) is 4.99 Å². The number of likely N-dealkylation sites (N-methyl/N-ethyl adjacent to an activating group) is 1. The Balaban J connectivity index is 0.00000304. The van der Waals surface area contributed by atoms with Crippen LogP contribution in [0.3, 0.4) is 0 Å². The van der Waals surface area contributed by atoms with Gasteiger partial charge in [-0.1, -0.05) is 12.1 Å². The molecule has 0 atom stereocenters. The highest BCUT2D eigenvalue weighted by Crippen LogP contribution is 2.29. The van der Waals surface area contributed by atoms with E-state index in [1.807, 2.05) is 25.1 Å². The number of anilines is 2. The lowest BCUT2D eigenvalue weighted by Crippen LogP contribution is -3.00. The van der Waals surface area contributed by atoms with Gasteiger partial charge in [0.2, 0.25) is 0 Å². The largest absolute Gasteiger partial charge is 1.00 e. The van der Waals surface area contributed by atoms with Gasteiger partial charge in [-0.15, -0.1) is 0 Å². The monoisotopic (exact) mass is 512 g/mol. The minimum absolute atomic E-state index is 0. The number of carbonyl (C=O) groups is 1. The van der Waals surface area contributed by atoms with Crippen molar-refractivity contribution in [2.75, 3.05) is 44.0 Å². The summed E-state index contributed by atoms with van der Waals surface area (Å²) in [5, 5.41) is 10.8. The molecule has 188 valence electrons. The van der Waals surface area contributed by atoms with E-state index in [1.165, 1.54) is 16.5 Å². The quantitative estimate of drug-likeness (QED) is 0.485. The van der Waals surface area contributed by atoms with Crippen LogP contribution in [0, 0.1) is 5.82 Å². The minimum atomic E-state index is -0.603. The number of aromatic nitrogens is 2. The van der Waals surface area contributed by atoms with Gasteiger partial charge < -0.3 is 27.3 Å². The van der Waals surface area contributed by atoms with Crippen LogP contribution in [0.4, 0.5) is 20.6 Å². The fourth-order valence-electron chi connectivity index (χ4n) is 4.38. The third kappa shape index (κ3) is 4.39. The standard InChI is InChI=1S/C25H25FN6O3.ClH/c1-29(2)18-12-20(31-9-8-30(3)25(31)35)23-28-21(22(33)24(34)32(23)14-18)19-11-16(13-27-19)10-15-4-6-17(26)7-5-15;/h4-7,12-14,33H,8-11H2,1-3H3;1H. The molecule has 0 aliphatic carbocycles. The van der Waals surface area contributed by atoms with E-state index in [0.29, 0.717) is 48.7 Å². The number of pyridine rings is 1. The van der Waals surface area contributed by atoms with Gasteiger partial charge in [0.05, 0.1) is 11.4 Å². The van der Waals surface area contributed by atoms with Crippen molar-refractivity contribution in [2.45, 2.75) is 12.8 Å². The van der Waals surface area contributed by atoms with Gasteiger partial charge in [-0.2, -0.15) is 4.40 Å². The smallest absolute Gasteiger partial charge is 0.385 e. The Labute approximate surface area is 213 Å². The number of carbonyl (C=O) groups excluding carboxylic acids is 1. The van der Waals surface area contributed by atoms with Gasteiger partial charge >= 0.3 is 17.2 Å². The predicted octanol–water partition coefficient (Wildman–Crippen LogP) is -0.780. The Kier molecular flexibility index (Phi) is 6.73. The number of amides is 2. The van der Waals surface area contributed by atoms with E-state index in [4.69, 9.17) is 0 Å². The second kappa shape index (κ2) is 9.62. The average molecular weight is 513 g/mol. The average Bonchev–Trinajstić information content (AvgIpc) is 3.43. The third-order valence-electron chi connectivity index (χ3n) is 6.39. The van der Waals surface area contributed by atoms with Crippen LogP contribution >= 0.6 is 0 Å². The molecule has 2 aliphatic heterocycles. The molecule has 0 spiro atoms. The number of hydrogen-bond donors (Lipinski definition) is 1. The molecule has 36 heavy (non-hydrogen) atoms. The third-order valence-corrected chi connectivity index (χ3v) is 6.39. The molecule has 2 N–H and O–H groups in total. The van der Waals surface area contributed by atoms with Crippen LogP contribution in [0.1, 0.15) is 17.7 Å². The van der Waals surface area contributed by atoms with Crippen LogP contribution in [0.5, 0.6) is 5.75 Å². The Hall–Kier alpha value is -3.92. The maximum Gasteiger partial charge on any atom is 0.385 e. The number of hydrogen-bond acceptors (Lipinski definition) is 5. The van der Waals surface area contributed by atoms with Crippen LogP contribution < -0.4 is 32.8 Å². The summed E-state index contributed by atoms with van der Waals surface area (Å²) in [6, 6.07) is 7.95. The molecule has 1 fully saturated rings. The molecule has 1 saturated heterocycles. The number of nitrogens with zero attached hydrogens (tertiary/aromatic N) is 5. The molecule has 0 unspecified atom stereocenters. The van der Waals surface area contributed by atoms with Gasteiger partial charge in [-0.05, 0) is 35.8 Å². The van der Waals surface area contributed by atoms with E-state index in [2.05, 4.69) is 9.98 Å². The van der Waals surface area contributed by atoms with Crippen molar-refractivity contribution in [3.05, 3.63) is 75.7 Å². The molecular weight excluding hydrogens is 487 g/mol. The number of rotatable bonds is 5. The Morgan fingerprint density at radius 2 is 1.89 bits per heavy atom. The van der Waals surface area contributed by atoms with Gasteiger partial charge in [-0.25, -0.2) is 19.0 Å². The second-order valence-electron chi connectivity index (χ2n) is 9.05. The van der Waals surface area contributed by atoms with Gasteiger partial charge in [-0.3, -0.25) is 9.89 Å². The Bertz CT molecular complexity index is 1470. The maximum absolute atomic E-state index is 13.3. The zero-order valence-electron chi connectivity index (χ0n) is 20.1. The molecule has 5 rings (SSSR count). The topological polar surface area (TPSA) is 95.0 Å². The number of aromatic hydroxyl groups is 1. The molecule has 2 aliphatic rings. The van der Waals surface area contributed by atoms with Gasteiger partial charge in [0.25, 0.3) is 5.75 Å². The summed E-state index contributed by atoms with van der Waals surface area (Å²) in [6.07, 6.45) is 4.34. The molecule has 1 aromatic carbocycles. The van der Waals surface area contributed by atoms with Crippen molar-refractivity contribution in [1.82, 2.24) is 9.30 Å². The molecule has 0 saturated carbocycles. The van der Waals surface area contributed by atoms with Crippen LogP contribution in [0.25, 0.3) is 5.65 Å². The molecular formula is C25H26ClFN6O3. The van der Waals surface area contributed by atoms with E-state index in [9.17, 15) is 19.1 Å². The molecule has 2 amide bonds. The number of urea groups is 1. The summed E-state index contributed by atoms with van der Waals surface area (Å²) >= 11 is 0. The Morgan fingerprint density at radius 3 is 2.53 bits per heavy atom. The van der Waals surface area contributed by atoms with Gasteiger partial charge in [0.1, 0.15) is 17.7 Å².